The predicted molar refractivity (Wildman–Crippen MR) is 79.5 cm³/mol. The van der Waals surface area contributed by atoms with E-state index in [1.54, 1.807) is 0 Å². The van der Waals surface area contributed by atoms with Gasteiger partial charge in [0.2, 0.25) is 0 Å². The highest BCUT2D eigenvalue weighted by Gasteiger charge is 2.38. The topological polar surface area (TPSA) is 27.7 Å². The van der Waals surface area contributed by atoms with Crippen LogP contribution in [-0.4, -0.2) is 76.4 Å². The third-order valence-electron chi connectivity index (χ3n) is 4.83. The van der Waals surface area contributed by atoms with Crippen molar-refractivity contribution in [2.45, 2.75) is 25.8 Å². The first-order valence-electron chi connectivity index (χ1n) is 7.67. The fourth-order valence-electron chi connectivity index (χ4n) is 3.93. The van der Waals surface area contributed by atoms with Crippen molar-refractivity contribution in [3.05, 3.63) is 0 Å². The monoisotopic (exact) mass is 269 g/mol. The highest BCUT2D eigenvalue weighted by atomic mass is 16.5. The lowest BCUT2D eigenvalue weighted by Crippen LogP contribution is -2.48. The molecule has 0 amide bonds. The van der Waals surface area contributed by atoms with Gasteiger partial charge in [0.05, 0.1) is 6.61 Å². The SMILES string of the molecule is CNCC1(CN2CC(C)C(N(C)C)C2)CCCOC1. The number of hydrogen-bond donors (Lipinski definition) is 1. The lowest BCUT2D eigenvalue weighted by Gasteiger charge is -2.40. The minimum Gasteiger partial charge on any atom is -0.381 e. The Labute approximate surface area is 118 Å². The largest absolute Gasteiger partial charge is 0.381 e. The van der Waals surface area contributed by atoms with Gasteiger partial charge >= 0.3 is 0 Å². The van der Waals surface area contributed by atoms with Crippen molar-refractivity contribution < 1.29 is 4.74 Å². The summed E-state index contributed by atoms with van der Waals surface area (Å²) in [5.74, 6) is 0.770. The maximum absolute atomic E-state index is 5.77. The molecule has 1 N–H and O–H groups in total. The molecule has 2 heterocycles. The maximum atomic E-state index is 5.77. The molecule has 4 heteroatoms. The van der Waals surface area contributed by atoms with E-state index in [0.29, 0.717) is 11.5 Å². The van der Waals surface area contributed by atoms with E-state index >= 15 is 0 Å². The molecule has 112 valence electrons. The van der Waals surface area contributed by atoms with Crippen molar-refractivity contribution in [2.75, 3.05) is 60.5 Å². The third-order valence-corrected chi connectivity index (χ3v) is 4.83. The fraction of sp³-hybridized carbons (Fsp3) is 1.00. The smallest absolute Gasteiger partial charge is 0.0546 e. The van der Waals surface area contributed by atoms with Crippen LogP contribution < -0.4 is 5.32 Å². The van der Waals surface area contributed by atoms with Crippen LogP contribution in [0.2, 0.25) is 0 Å². The van der Waals surface area contributed by atoms with Gasteiger partial charge in [0.15, 0.2) is 0 Å². The summed E-state index contributed by atoms with van der Waals surface area (Å²) in [4.78, 5) is 5.04. The molecule has 0 radical (unpaired) electrons. The molecule has 2 aliphatic rings. The van der Waals surface area contributed by atoms with Gasteiger partial charge in [0, 0.05) is 44.2 Å². The van der Waals surface area contributed by atoms with Gasteiger partial charge in [-0.15, -0.1) is 0 Å². The molecule has 2 saturated heterocycles. The van der Waals surface area contributed by atoms with Gasteiger partial charge in [-0.3, -0.25) is 0 Å². The molecule has 19 heavy (non-hydrogen) atoms. The summed E-state index contributed by atoms with van der Waals surface area (Å²) in [7, 11) is 6.47. The van der Waals surface area contributed by atoms with Crippen molar-refractivity contribution in [1.82, 2.24) is 15.1 Å². The summed E-state index contributed by atoms with van der Waals surface area (Å²) in [6.07, 6.45) is 2.51. The zero-order chi connectivity index (χ0) is 13.9. The Morgan fingerprint density at radius 2 is 2.16 bits per heavy atom. The van der Waals surface area contributed by atoms with Gasteiger partial charge < -0.3 is 19.9 Å². The average molecular weight is 269 g/mol. The summed E-state index contributed by atoms with van der Waals surface area (Å²) in [5.41, 5.74) is 0.327. The van der Waals surface area contributed by atoms with Crippen molar-refractivity contribution in [3.63, 3.8) is 0 Å². The van der Waals surface area contributed by atoms with Crippen LogP contribution in [0.15, 0.2) is 0 Å². The molecule has 0 bridgehead atoms. The van der Waals surface area contributed by atoms with Crippen LogP contribution in [-0.2, 0) is 4.74 Å². The molecule has 0 aromatic rings. The van der Waals surface area contributed by atoms with Crippen LogP contribution in [0.1, 0.15) is 19.8 Å². The van der Waals surface area contributed by atoms with E-state index in [1.165, 1.54) is 32.5 Å². The van der Waals surface area contributed by atoms with Gasteiger partial charge in [0.1, 0.15) is 0 Å². The molecule has 0 aromatic carbocycles. The number of hydrogen-bond acceptors (Lipinski definition) is 4. The van der Waals surface area contributed by atoms with Gasteiger partial charge in [-0.2, -0.15) is 0 Å². The summed E-state index contributed by atoms with van der Waals surface area (Å²) in [5, 5.41) is 3.38. The highest BCUT2D eigenvalue weighted by Crippen LogP contribution is 2.31. The van der Waals surface area contributed by atoms with Gasteiger partial charge in [-0.05, 0) is 39.9 Å². The van der Waals surface area contributed by atoms with Crippen molar-refractivity contribution >= 4 is 0 Å². The van der Waals surface area contributed by atoms with Crippen molar-refractivity contribution in [1.29, 1.82) is 0 Å². The van der Waals surface area contributed by atoms with Gasteiger partial charge in [-0.25, -0.2) is 0 Å². The van der Waals surface area contributed by atoms with E-state index < -0.39 is 0 Å². The molecule has 4 nitrogen and oxygen atoms in total. The predicted octanol–water partition coefficient (Wildman–Crippen LogP) is 0.885. The summed E-state index contributed by atoms with van der Waals surface area (Å²) < 4.78 is 5.77. The number of ether oxygens (including phenoxy) is 1. The molecule has 2 rings (SSSR count). The van der Waals surface area contributed by atoms with E-state index in [9.17, 15) is 0 Å². The average Bonchev–Trinajstić information content (AvgIpc) is 2.71. The maximum Gasteiger partial charge on any atom is 0.0546 e. The van der Waals surface area contributed by atoms with Crippen LogP contribution >= 0.6 is 0 Å². The second-order valence-corrected chi connectivity index (χ2v) is 6.89. The molecular weight excluding hydrogens is 238 g/mol. The number of likely N-dealkylation sites (tertiary alicyclic amines) is 1. The summed E-state index contributed by atoms with van der Waals surface area (Å²) in [6.45, 7) is 8.95. The Morgan fingerprint density at radius 1 is 1.37 bits per heavy atom. The summed E-state index contributed by atoms with van der Waals surface area (Å²) in [6, 6.07) is 0.705. The minimum absolute atomic E-state index is 0.327. The second kappa shape index (κ2) is 6.53. The van der Waals surface area contributed by atoms with Crippen LogP contribution in [0, 0.1) is 11.3 Å². The van der Waals surface area contributed by atoms with Crippen LogP contribution in [0.25, 0.3) is 0 Å². The molecule has 0 aromatic heterocycles. The van der Waals surface area contributed by atoms with Crippen LogP contribution in [0.4, 0.5) is 0 Å². The number of nitrogens with zero attached hydrogens (tertiary/aromatic N) is 2. The lowest BCUT2D eigenvalue weighted by molar-refractivity contribution is -0.0230. The van der Waals surface area contributed by atoms with E-state index in [1.807, 2.05) is 0 Å². The zero-order valence-corrected chi connectivity index (χ0v) is 13.1. The molecule has 2 fully saturated rings. The Kier molecular flexibility index (Phi) is 5.23. The standard InChI is InChI=1S/C15H31N3O/c1-13-8-18(9-14(13)17(3)4)11-15(10-16-2)6-5-7-19-12-15/h13-14,16H,5-12H2,1-4H3. The highest BCUT2D eigenvalue weighted by molar-refractivity contribution is 4.93. The lowest BCUT2D eigenvalue weighted by atomic mass is 9.82. The molecule has 0 spiro atoms. The van der Waals surface area contributed by atoms with Crippen molar-refractivity contribution in [2.24, 2.45) is 11.3 Å². The molecule has 0 aliphatic carbocycles. The number of nitrogens with one attached hydrogen (secondary N) is 1. The molecule has 3 atom stereocenters. The Morgan fingerprint density at radius 3 is 2.68 bits per heavy atom. The minimum atomic E-state index is 0.327. The Bertz CT molecular complexity index is 271. The first-order chi connectivity index (χ1) is 9.06. The van der Waals surface area contributed by atoms with Gasteiger partial charge in [0.25, 0.3) is 0 Å². The quantitative estimate of drug-likeness (QED) is 0.802. The molecule has 2 aliphatic heterocycles. The third kappa shape index (κ3) is 3.69. The number of rotatable bonds is 5. The molecular formula is C15H31N3O. The van der Waals surface area contributed by atoms with Gasteiger partial charge in [-0.1, -0.05) is 6.92 Å². The molecule has 0 saturated carbocycles. The summed E-state index contributed by atoms with van der Waals surface area (Å²) >= 11 is 0. The van der Waals surface area contributed by atoms with Crippen LogP contribution in [0.5, 0.6) is 0 Å². The number of likely N-dealkylation sites (N-methyl/N-ethyl adjacent to an activating group) is 1. The van der Waals surface area contributed by atoms with E-state index in [2.05, 4.69) is 43.2 Å². The van der Waals surface area contributed by atoms with E-state index in [0.717, 1.165) is 25.7 Å². The second-order valence-electron chi connectivity index (χ2n) is 6.89. The molecule has 3 unspecified atom stereocenters. The fourth-order valence-corrected chi connectivity index (χ4v) is 3.93. The Balaban J connectivity index is 1.95. The first kappa shape index (κ1) is 15.2. The van der Waals surface area contributed by atoms with E-state index in [-0.39, 0.29) is 0 Å². The zero-order valence-electron chi connectivity index (χ0n) is 13.1. The normalized spacial score (nSPS) is 37.1. The van der Waals surface area contributed by atoms with E-state index in [4.69, 9.17) is 4.74 Å². The Hall–Kier alpha value is -0.160. The van der Waals surface area contributed by atoms with Crippen LogP contribution in [0.3, 0.4) is 0 Å². The first-order valence-corrected chi connectivity index (χ1v) is 7.67. The van der Waals surface area contributed by atoms with Crippen molar-refractivity contribution in [3.8, 4) is 0 Å².